The van der Waals surface area contributed by atoms with Gasteiger partial charge in [0.15, 0.2) is 17.3 Å². The summed E-state index contributed by atoms with van der Waals surface area (Å²) in [6, 6.07) is 18.2. The SMILES string of the molecule is CN(C)c1ccc(-c2nc3c4c(ncn3n2)OC2=C(C(=O)CCC2)[C@@H]4c2ccccc2)cc1. The highest BCUT2D eigenvalue weighted by molar-refractivity contribution is 6.00. The fourth-order valence-electron chi connectivity index (χ4n) is 4.73. The van der Waals surface area contributed by atoms with Crippen molar-refractivity contribution in [3.63, 3.8) is 0 Å². The van der Waals surface area contributed by atoms with Gasteiger partial charge in [-0.25, -0.2) is 14.5 Å². The minimum atomic E-state index is -0.276. The van der Waals surface area contributed by atoms with E-state index in [1.54, 1.807) is 10.8 Å². The Morgan fingerprint density at radius 2 is 1.82 bits per heavy atom. The number of benzene rings is 2. The standard InChI is InChI=1S/C26H23N5O2/c1-30(2)18-13-11-17(12-14-18)24-28-25-23-21(16-7-4-3-5-8-16)22-19(32)9-6-10-20(22)33-26(23)27-15-31(25)29-24/h3-5,7-8,11-15,21H,6,9-10H2,1-2H3/t21-/m0/s1. The van der Waals surface area contributed by atoms with Crippen LogP contribution in [0, 0.1) is 0 Å². The number of anilines is 1. The molecule has 0 N–H and O–H groups in total. The fourth-order valence-corrected chi connectivity index (χ4v) is 4.73. The number of ketones is 1. The third-order valence-electron chi connectivity index (χ3n) is 6.37. The van der Waals surface area contributed by atoms with Gasteiger partial charge in [-0.05, 0) is 36.2 Å². The van der Waals surface area contributed by atoms with Crippen LogP contribution in [0.1, 0.15) is 36.3 Å². The molecule has 4 aromatic rings. The Bertz CT molecular complexity index is 1400. The van der Waals surface area contributed by atoms with E-state index in [2.05, 4.69) is 15.0 Å². The highest BCUT2D eigenvalue weighted by Crippen LogP contribution is 2.47. The molecule has 2 aliphatic rings. The molecule has 33 heavy (non-hydrogen) atoms. The van der Waals surface area contributed by atoms with Gasteiger partial charge in [-0.2, -0.15) is 0 Å². The van der Waals surface area contributed by atoms with Gasteiger partial charge in [0.05, 0.1) is 5.56 Å². The number of Topliss-reactive ketones (excluding diaryl/α,β-unsaturated/α-hetero) is 1. The lowest BCUT2D eigenvalue weighted by Crippen LogP contribution is -2.26. The molecular weight excluding hydrogens is 414 g/mol. The largest absolute Gasteiger partial charge is 0.442 e. The number of carbonyl (C=O) groups excluding carboxylic acids is 1. The van der Waals surface area contributed by atoms with Crippen LogP contribution in [0.25, 0.3) is 17.0 Å². The summed E-state index contributed by atoms with van der Waals surface area (Å²) in [5.41, 5.74) is 5.23. The molecule has 6 rings (SSSR count). The molecule has 0 radical (unpaired) electrons. The maximum Gasteiger partial charge on any atom is 0.228 e. The van der Waals surface area contributed by atoms with E-state index in [1.165, 1.54) is 0 Å². The number of fused-ring (bicyclic) bond motifs is 3. The van der Waals surface area contributed by atoms with Crippen LogP contribution in [0.15, 0.2) is 72.3 Å². The molecule has 0 spiro atoms. The van der Waals surface area contributed by atoms with E-state index >= 15 is 0 Å². The Kier molecular flexibility index (Phi) is 4.50. The van der Waals surface area contributed by atoms with Crippen molar-refractivity contribution in [1.82, 2.24) is 19.6 Å². The van der Waals surface area contributed by atoms with E-state index in [0.717, 1.165) is 46.6 Å². The van der Waals surface area contributed by atoms with Crippen LogP contribution in [0.3, 0.4) is 0 Å². The summed E-state index contributed by atoms with van der Waals surface area (Å²) in [4.78, 5) is 24.6. The quantitative estimate of drug-likeness (QED) is 0.473. The monoisotopic (exact) mass is 437 g/mol. The predicted octanol–water partition coefficient (Wildman–Crippen LogP) is 4.39. The zero-order valence-electron chi connectivity index (χ0n) is 18.5. The van der Waals surface area contributed by atoms with Crippen molar-refractivity contribution in [3.8, 4) is 17.3 Å². The predicted molar refractivity (Wildman–Crippen MR) is 125 cm³/mol. The van der Waals surface area contributed by atoms with Crippen LogP contribution in [0.4, 0.5) is 5.69 Å². The maximum atomic E-state index is 13.1. The van der Waals surface area contributed by atoms with Crippen LogP contribution in [0.2, 0.25) is 0 Å². The molecule has 3 heterocycles. The van der Waals surface area contributed by atoms with E-state index in [0.29, 0.717) is 23.8 Å². The number of ether oxygens (including phenoxy) is 1. The van der Waals surface area contributed by atoms with Gasteiger partial charge in [-0.1, -0.05) is 30.3 Å². The highest BCUT2D eigenvalue weighted by Gasteiger charge is 2.39. The van der Waals surface area contributed by atoms with Gasteiger partial charge >= 0.3 is 0 Å². The first-order valence-electron chi connectivity index (χ1n) is 11.1. The summed E-state index contributed by atoms with van der Waals surface area (Å²) in [6.45, 7) is 0. The van der Waals surface area contributed by atoms with E-state index in [-0.39, 0.29) is 11.7 Å². The van der Waals surface area contributed by atoms with Crippen molar-refractivity contribution in [1.29, 1.82) is 0 Å². The molecule has 0 unspecified atom stereocenters. The molecule has 0 bridgehead atoms. The van der Waals surface area contributed by atoms with E-state index in [4.69, 9.17) is 9.72 Å². The van der Waals surface area contributed by atoms with Gasteiger partial charge in [0.2, 0.25) is 5.88 Å². The number of carbonyl (C=O) groups is 1. The van der Waals surface area contributed by atoms with E-state index < -0.39 is 0 Å². The second kappa shape index (κ2) is 7.55. The third-order valence-corrected chi connectivity index (χ3v) is 6.37. The van der Waals surface area contributed by atoms with Crippen molar-refractivity contribution >= 4 is 17.1 Å². The molecule has 1 aliphatic carbocycles. The number of allylic oxidation sites excluding steroid dienone is 2. The summed E-state index contributed by atoms with van der Waals surface area (Å²) in [5, 5.41) is 4.69. The smallest absolute Gasteiger partial charge is 0.228 e. The van der Waals surface area contributed by atoms with Gasteiger partial charge in [-0.15, -0.1) is 5.10 Å². The lowest BCUT2D eigenvalue weighted by atomic mass is 9.78. The van der Waals surface area contributed by atoms with Crippen LogP contribution < -0.4 is 9.64 Å². The normalized spacial score (nSPS) is 17.5. The summed E-state index contributed by atoms with van der Waals surface area (Å²) in [7, 11) is 4.02. The topological polar surface area (TPSA) is 72.6 Å². The zero-order valence-corrected chi connectivity index (χ0v) is 18.5. The van der Waals surface area contributed by atoms with Crippen LogP contribution in [-0.2, 0) is 4.79 Å². The molecule has 1 atom stereocenters. The van der Waals surface area contributed by atoms with Crippen molar-refractivity contribution in [2.24, 2.45) is 0 Å². The number of nitrogens with zero attached hydrogens (tertiary/aromatic N) is 5. The Balaban J connectivity index is 1.55. The zero-order chi connectivity index (χ0) is 22.5. The van der Waals surface area contributed by atoms with E-state index in [9.17, 15) is 4.79 Å². The molecule has 2 aromatic carbocycles. The van der Waals surface area contributed by atoms with Crippen LogP contribution in [-0.4, -0.2) is 39.5 Å². The molecule has 0 saturated heterocycles. The number of hydrogen-bond donors (Lipinski definition) is 0. The van der Waals surface area contributed by atoms with E-state index in [1.807, 2.05) is 68.7 Å². The lowest BCUT2D eigenvalue weighted by molar-refractivity contribution is -0.116. The van der Waals surface area contributed by atoms with Gasteiger partial charge in [0.1, 0.15) is 12.1 Å². The Hall–Kier alpha value is -4.00. The average Bonchev–Trinajstić information content (AvgIpc) is 3.28. The molecule has 7 nitrogen and oxygen atoms in total. The van der Waals surface area contributed by atoms with Crippen molar-refractivity contribution in [2.75, 3.05) is 19.0 Å². The van der Waals surface area contributed by atoms with Crippen molar-refractivity contribution in [2.45, 2.75) is 25.2 Å². The number of hydrogen-bond acceptors (Lipinski definition) is 6. The first-order chi connectivity index (χ1) is 16.1. The lowest BCUT2D eigenvalue weighted by Gasteiger charge is -2.31. The Labute approximate surface area is 191 Å². The first kappa shape index (κ1) is 19.7. The molecular formula is C26H23N5O2. The van der Waals surface area contributed by atoms with Crippen LogP contribution >= 0.6 is 0 Å². The Morgan fingerprint density at radius 3 is 2.58 bits per heavy atom. The first-order valence-corrected chi connectivity index (χ1v) is 11.1. The highest BCUT2D eigenvalue weighted by atomic mass is 16.5. The second-order valence-corrected chi connectivity index (χ2v) is 8.67. The third kappa shape index (κ3) is 3.19. The van der Waals surface area contributed by atoms with Gasteiger partial charge in [0, 0.05) is 49.7 Å². The molecule has 0 fully saturated rings. The van der Waals surface area contributed by atoms with Gasteiger partial charge < -0.3 is 9.64 Å². The molecule has 1 aliphatic heterocycles. The summed E-state index contributed by atoms with van der Waals surface area (Å²) in [6.07, 6.45) is 3.71. The van der Waals surface area contributed by atoms with Crippen molar-refractivity contribution in [3.05, 3.63) is 83.4 Å². The molecule has 0 amide bonds. The molecule has 7 heteroatoms. The maximum absolute atomic E-state index is 13.1. The number of aromatic nitrogens is 4. The molecule has 2 aromatic heterocycles. The van der Waals surface area contributed by atoms with Crippen molar-refractivity contribution < 1.29 is 9.53 Å². The van der Waals surface area contributed by atoms with Gasteiger partial charge in [0.25, 0.3) is 0 Å². The second-order valence-electron chi connectivity index (χ2n) is 8.67. The summed E-state index contributed by atoms with van der Waals surface area (Å²) >= 11 is 0. The summed E-state index contributed by atoms with van der Waals surface area (Å²) in [5.74, 6) is 1.71. The minimum absolute atomic E-state index is 0.136. The molecule has 0 saturated carbocycles. The fraction of sp³-hybridized carbons (Fsp3) is 0.231. The van der Waals surface area contributed by atoms with Gasteiger partial charge in [-0.3, -0.25) is 4.79 Å². The number of rotatable bonds is 3. The van der Waals surface area contributed by atoms with Crippen LogP contribution in [0.5, 0.6) is 5.88 Å². The summed E-state index contributed by atoms with van der Waals surface area (Å²) < 4.78 is 7.87. The average molecular weight is 438 g/mol. The Morgan fingerprint density at radius 1 is 1.03 bits per heavy atom. The molecule has 164 valence electrons. The minimum Gasteiger partial charge on any atom is -0.442 e.